The monoisotopic (exact) mass is 378 g/mol. The Morgan fingerprint density at radius 1 is 1.00 bits per heavy atom. The highest BCUT2D eigenvalue weighted by atomic mass is 16.2. The Morgan fingerprint density at radius 2 is 1.64 bits per heavy atom. The first kappa shape index (κ1) is 19.8. The SMILES string of the molecule is CC[C@@H](NC(=O)CCCN1C(=O)c2ccccc2C1=O)c1ccc(C)c(C)c1. The Balaban J connectivity index is 1.54. The maximum atomic E-state index is 12.4. The summed E-state index contributed by atoms with van der Waals surface area (Å²) < 4.78 is 0. The van der Waals surface area contributed by atoms with Gasteiger partial charge in [0.1, 0.15) is 0 Å². The molecule has 0 spiro atoms. The van der Waals surface area contributed by atoms with Crippen molar-refractivity contribution in [2.45, 2.75) is 46.1 Å². The van der Waals surface area contributed by atoms with Crippen molar-refractivity contribution < 1.29 is 14.4 Å². The zero-order valence-corrected chi connectivity index (χ0v) is 16.6. The minimum absolute atomic E-state index is 0.0360. The van der Waals surface area contributed by atoms with E-state index < -0.39 is 0 Å². The van der Waals surface area contributed by atoms with Crippen molar-refractivity contribution in [1.29, 1.82) is 0 Å². The molecule has 0 bridgehead atoms. The first-order valence-corrected chi connectivity index (χ1v) is 9.74. The summed E-state index contributed by atoms with van der Waals surface area (Å²) in [6.45, 7) is 6.42. The average molecular weight is 378 g/mol. The number of benzene rings is 2. The number of imide groups is 1. The molecule has 1 aliphatic heterocycles. The van der Waals surface area contributed by atoms with Crippen LogP contribution >= 0.6 is 0 Å². The van der Waals surface area contributed by atoms with Crippen LogP contribution in [0, 0.1) is 13.8 Å². The van der Waals surface area contributed by atoms with E-state index in [-0.39, 0.29) is 36.7 Å². The topological polar surface area (TPSA) is 66.5 Å². The number of aryl methyl sites for hydroxylation is 2. The summed E-state index contributed by atoms with van der Waals surface area (Å²) in [5.74, 6) is -0.619. The number of hydrogen-bond acceptors (Lipinski definition) is 3. The Hall–Kier alpha value is -2.95. The molecular formula is C23H26N2O3. The lowest BCUT2D eigenvalue weighted by Crippen LogP contribution is -2.32. The zero-order chi connectivity index (χ0) is 20.3. The third-order valence-electron chi connectivity index (χ3n) is 5.34. The second kappa shape index (κ2) is 8.38. The van der Waals surface area contributed by atoms with Crippen LogP contribution in [-0.4, -0.2) is 29.2 Å². The van der Waals surface area contributed by atoms with E-state index in [2.05, 4.69) is 37.4 Å². The van der Waals surface area contributed by atoms with Crippen molar-refractivity contribution in [2.75, 3.05) is 6.54 Å². The molecule has 3 amide bonds. The van der Waals surface area contributed by atoms with E-state index in [4.69, 9.17) is 0 Å². The number of hydrogen-bond donors (Lipinski definition) is 1. The lowest BCUT2D eigenvalue weighted by atomic mass is 9.99. The number of rotatable bonds is 7. The predicted octanol–water partition coefficient (Wildman–Crippen LogP) is 3.95. The van der Waals surface area contributed by atoms with E-state index in [1.165, 1.54) is 16.0 Å². The van der Waals surface area contributed by atoms with Gasteiger partial charge < -0.3 is 5.32 Å². The van der Waals surface area contributed by atoms with Crippen molar-refractivity contribution in [3.8, 4) is 0 Å². The van der Waals surface area contributed by atoms with Crippen molar-refractivity contribution in [3.63, 3.8) is 0 Å². The van der Waals surface area contributed by atoms with E-state index in [9.17, 15) is 14.4 Å². The van der Waals surface area contributed by atoms with Crippen LogP contribution in [0.25, 0.3) is 0 Å². The van der Waals surface area contributed by atoms with Crippen LogP contribution in [0.3, 0.4) is 0 Å². The van der Waals surface area contributed by atoms with Crippen LogP contribution in [-0.2, 0) is 4.79 Å². The summed E-state index contributed by atoms with van der Waals surface area (Å²) in [4.78, 5) is 38.3. The molecule has 0 fully saturated rings. The fourth-order valence-electron chi connectivity index (χ4n) is 3.51. The molecule has 0 saturated heterocycles. The smallest absolute Gasteiger partial charge is 0.261 e. The molecule has 0 aliphatic carbocycles. The van der Waals surface area contributed by atoms with Gasteiger partial charge in [0.2, 0.25) is 5.91 Å². The molecule has 146 valence electrons. The van der Waals surface area contributed by atoms with E-state index in [0.29, 0.717) is 17.5 Å². The van der Waals surface area contributed by atoms with Gasteiger partial charge in [-0.1, -0.05) is 37.3 Å². The van der Waals surface area contributed by atoms with Crippen LogP contribution in [0.4, 0.5) is 0 Å². The average Bonchev–Trinajstić information content (AvgIpc) is 2.93. The highest BCUT2D eigenvalue weighted by Gasteiger charge is 2.34. The number of fused-ring (bicyclic) bond motifs is 1. The van der Waals surface area contributed by atoms with E-state index in [0.717, 1.165) is 12.0 Å². The largest absolute Gasteiger partial charge is 0.349 e. The Kier molecular flexibility index (Phi) is 5.93. The molecule has 1 heterocycles. The second-order valence-corrected chi connectivity index (χ2v) is 7.28. The molecule has 3 rings (SSSR count). The molecule has 5 heteroatoms. The molecule has 1 aliphatic rings. The molecule has 5 nitrogen and oxygen atoms in total. The van der Waals surface area contributed by atoms with Crippen molar-refractivity contribution in [2.24, 2.45) is 0 Å². The Morgan fingerprint density at radius 3 is 2.21 bits per heavy atom. The first-order chi connectivity index (χ1) is 13.4. The number of carbonyl (C=O) groups excluding carboxylic acids is 3. The number of carbonyl (C=O) groups is 3. The van der Waals surface area contributed by atoms with E-state index in [1.54, 1.807) is 24.3 Å². The third kappa shape index (κ3) is 3.98. The summed E-state index contributed by atoms with van der Waals surface area (Å²) >= 11 is 0. The first-order valence-electron chi connectivity index (χ1n) is 9.74. The quantitative estimate of drug-likeness (QED) is 0.742. The van der Waals surface area contributed by atoms with E-state index >= 15 is 0 Å². The minimum Gasteiger partial charge on any atom is -0.349 e. The zero-order valence-electron chi connectivity index (χ0n) is 16.6. The fourth-order valence-corrected chi connectivity index (χ4v) is 3.51. The van der Waals surface area contributed by atoms with Crippen LogP contribution in [0.2, 0.25) is 0 Å². The lowest BCUT2D eigenvalue weighted by Gasteiger charge is -2.19. The van der Waals surface area contributed by atoms with Crippen molar-refractivity contribution in [3.05, 3.63) is 70.3 Å². The highest BCUT2D eigenvalue weighted by molar-refractivity contribution is 6.21. The van der Waals surface area contributed by atoms with Gasteiger partial charge in [-0.3, -0.25) is 19.3 Å². The molecule has 0 aromatic heterocycles. The van der Waals surface area contributed by atoms with Gasteiger partial charge in [-0.05, 0) is 55.5 Å². The van der Waals surface area contributed by atoms with Crippen LogP contribution < -0.4 is 5.32 Å². The van der Waals surface area contributed by atoms with Crippen molar-refractivity contribution in [1.82, 2.24) is 10.2 Å². The Labute approximate surface area is 165 Å². The van der Waals surface area contributed by atoms with Gasteiger partial charge in [-0.15, -0.1) is 0 Å². The van der Waals surface area contributed by atoms with Gasteiger partial charge in [-0.2, -0.15) is 0 Å². The molecular weight excluding hydrogens is 352 g/mol. The lowest BCUT2D eigenvalue weighted by molar-refractivity contribution is -0.122. The number of amides is 3. The molecule has 2 aromatic carbocycles. The minimum atomic E-state index is -0.275. The molecule has 28 heavy (non-hydrogen) atoms. The maximum absolute atomic E-state index is 12.4. The number of nitrogens with zero attached hydrogens (tertiary/aromatic N) is 1. The number of nitrogens with one attached hydrogen (secondary N) is 1. The molecule has 0 unspecified atom stereocenters. The molecule has 1 N–H and O–H groups in total. The normalized spacial score (nSPS) is 14.2. The van der Waals surface area contributed by atoms with Gasteiger partial charge in [-0.25, -0.2) is 0 Å². The van der Waals surface area contributed by atoms with Crippen LogP contribution in [0.1, 0.15) is 69.6 Å². The second-order valence-electron chi connectivity index (χ2n) is 7.28. The summed E-state index contributed by atoms with van der Waals surface area (Å²) in [5.41, 5.74) is 4.41. The maximum Gasteiger partial charge on any atom is 0.261 e. The predicted molar refractivity (Wildman–Crippen MR) is 108 cm³/mol. The molecule has 2 aromatic rings. The fraction of sp³-hybridized carbons (Fsp3) is 0.348. The van der Waals surface area contributed by atoms with Gasteiger partial charge in [0.05, 0.1) is 17.2 Å². The van der Waals surface area contributed by atoms with Gasteiger partial charge in [0, 0.05) is 13.0 Å². The standard InChI is InChI=1S/C23H26N2O3/c1-4-20(17-12-11-15(2)16(3)14-17)24-21(26)10-7-13-25-22(27)18-8-5-6-9-19(18)23(25)28/h5-6,8-9,11-12,14,20H,4,7,10,13H2,1-3H3,(H,24,26)/t20-/m1/s1. The molecule has 0 saturated carbocycles. The van der Waals surface area contributed by atoms with Gasteiger partial charge >= 0.3 is 0 Å². The van der Waals surface area contributed by atoms with Gasteiger partial charge in [0.25, 0.3) is 11.8 Å². The summed E-state index contributed by atoms with van der Waals surface area (Å²) in [6.07, 6.45) is 1.52. The van der Waals surface area contributed by atoms with Crippen LogP contribution in [0.15, 0.2) is 42.5 Å². The summed E-state index contributed by atoms with van der Waals surface area (Å²) in [6, 6.07) is 13.0. The molecule has 0 radical (unpaired) electrons. The van der Waals surface area contributed by atoms with E-state index in [1.807, 2.05) is 6.92 Å². The van der Waals surface area contributed by atoms with Crippen molar-refractivity contribution >= 4 is 17.7 Å². The molecule has 1 atom stereocenters. The summed E-state index contributed by atoms with van der Waals surface area (Å²) in [7, 11) is 0. The van der Waals surface area contributed by atoms with Crippen LogP contribution in [0.5, 0.6) is 0 Å². The third-order valence-corrected chi connectivity index (χ3v) is 5.34. The Bertz CT molecular complexity index is 885. The van der Waals surface area contributed by atoms with Gasteiger partial charge in [0.15, 0.2) is 0 Å². The summed E-state index contributed by atoms with van der Waals surface area (Å²) in [5, 5.41) is 3.07. The highest BCUT2D eigenvalue weighted by Crippen LogP contribution is 2.23.